The van der Waals surface area contributed by atoms with Gasteiger partial charge in [-0.3, -0.25) is 0 Å². The van der Waals surface area contributed by atoms with Crippen molar-refractivity contribution in [3.8, 4) is 34.8 Å². The second-order valence-corrected chi connectivity index (χ2v) is 10.4. The van der Waals surface area contributed by atoms with Crippen LogP contribution < -0.4 is 24.8 Å². The van der Waals surface area contributed by atoms with Crippen LogP contribution >= 0.6 is 0 Å². The Morgan fingerprint density at radius 3 is 2.33 bits per heavy atom. The zero-order valence-corrected chi connectivity index (χ0v) is 25.2. The molecule has 2 aromatic heterocycles. The van der Waals surface area contributed by atoms with Crippen molar-refractivity contribution in [1.29, 1.82) is 5.26 Å². The number of anilines is 2. The number of carbonyl (C=O) groups excluding carboxylic acids is 1. The van der Waals surface area contributed by atoms with Gasteiger partial charge in [0.05, 0.1) is 53.9 Å². The maximum Gasteiger partial charge on any atom is 0.416 e. The molecule has 0 atom stereocenters. The third-order valence-electron chi connectivity index (χ3n) is 6.69. The summed E-state index contributed by atoms with van der Waals surface area (Å²) >= 11 is 0. The summed E-state index contributed by atoms with van der Waals surface area (Å²) in [5.41, 5.74) is -0.648. The van der Waals surface area contributed by atoms with Gasteiger partial charge >= 0.3 is 12.2 Å². The van der Waals surface area contributed by atoms with Gasteiger partial charge < -0.3 is 24.8 Å². The van der Waals surface area contributed by atoms with E-state index in [1.165, 1.54) is 38.4 Å². The molecule has 2 heterocycles. The normalized spacial score (nSPS) is 11.4. The summed E-state index contributed by atoms with van der Waals surface area (Å²) < 4.78 is 58.1. The van der Waals surface area contributed by atoms with Gasteiger partial charge in [0.1, 0.15) is 18.1 Å². The molecule has 0 spiro atoms. The summed E-state index contributed by atoms with van der Waals surface area (Å²) in [6, 6.07) is 13.4. The van der Waals surface area contributed by atoms with Gasteiger partial charge in [0, 0.05) is 18.0 Å². The molecule has 0 aliphatic carbocycles. The SMILES string of the molecule is CCOc1cc(OCc2ccc(OC)cc2)ncc1-c1ncc(NC(=O)Nc2ccc(C(C)(C)C#N)c(C(F)(F)F)c2)c(C)n1. The fraction of sp³-hybridized carbons (Fsp3) is 0.281. The molecule has 10 nitrogen and oxygen atoms in total. The Hall–Kier alpha value is -5.38. The molecule has 0 aliphatic rings. The van der Waals surface area contributed by atoms with Crippen molar-refractivity contribution in [2.45, 2.75) is 45.9 Å². The second-order valence-electron chi connectivity index (χ2n) is 10.4. The smallest absolute Gasteiger partial charge is 0.416 e. The number of hydrogen-bond donors (Lipinski definition) is 2. The van der Waals surface area contributed by atoms with Gasteiger partial charge in [0.15, 0.2) is 5.82 Å². The molecule has 2 aromatic carbocycles. The Labute approximate surface area is 258 Å². The molecular formula is C32H31F3N6O4. The number of rotatable bonds is 10. The van der Waals surface area contributed by atoms with Crippen LogP contribution in [0, 0.1) is 18.3 Å². The van der Waals surface area contributed by atoms with E-state index in [-0.39, 0.29) is 29.4 Å². The lowest BCUT2D eigenvalue weighted by atomic mass is 9.83. The fourth-order valence-corrected chi connectivity index (χ4v) is 4.29. The van der Waals surface area contributed by atoms with Crippen LogP contribution in [0.4, 0.5) is 29.3 Å². The van der Waals surface area contributed by atoms with E-state index in [2.05, 4.69) is 25.6 Å². The molecule has 0 radical (unpaired) electrons. The quantitative estimate of drug-likeness (QED) is 0.189. The monoisotopic (exact) mass is 620 g/mol. The van der Waals surface area contributed by atoms with Crippen molar-refractivity contribution in [3.05, 3.63) is 83.3 Å². The van der Waals surface area contributed by atoms with Crippen molar-refractivity contribution in [1.82, 2.24) is 15.0 Å². The summed E-state index contributed by atoms with van der Waals surface area (Å²) in [5, 5.41) is 14.3. The molecule has 2 amide bonds. The van der Waals surface area contributed by atoms with E-state index in [4.69, 9.17) is 14.2 Å². The average molecular weight is 621 g/mol. The van der Waals surface area contributed by atoms with Crippen LogP contribution in [0.1, 0.15) is 43.2 Å². The maximum absolute atomic E-state index is 13.8. The predicted molar refractivity (Wildman–Crippen MR) is 161 cm³/mol. The third-order valence-corrected chi connectivity index (χ3v) is 6.69. The number of aryl methyl sites for hydroxylation is 1. The first-order valence-corrected chi connectivity index (χ1v) is 13.8. The minimum Gasteiger partial charge on any atom is -0.497 e. The lowest BCUT2D eigenvalue weighted by Crippen LogP contribution is -2.23. The summed E-state index contributed by atoms with van der Waals surface area (Å²) in [6.07, 6.45) is -1.83. The van der Waals surface area contributed by atoms with Gasteiger partial charge in [-0.2, -0.15) is 18.4 Å². The molecule has 0 unspecified atom stereocenters. The zero-order chi connectivity index (χ0) is 32.8. The number of alkyl halides is 3. The topological polar surface area (TPSA) is 131 Å². The maximum atomic E-state index is 13.8. The molecule has 0 aliphatic heterocycles. The number of nitriles is 1. The number of hydrogen-bond acceptors (Lipinski definition) is 8. The highest BCUT2D eigenvalue weighted by Gasteiger charge is 2.38. The Morgan fingerprint density at radius 1 is 0.978 bits per heavy atom. The van der Waals surface area contributed by atoms with Gasteiger partial charge in [-0.25, -0.2) is 19.7 Å². The predicted octanol–water partition coefficient (Wildman–Crippen LogP) is 7.30. The first kappa shape index (κ1) is 32.5. The van der Waals surface area contributed by atoms with Gasteiger partial charge in [-0.15, -0.1) is 0 Å². The highest BCUT2D eigenvalue weighted by Crippen LogP contribution is 2.39. The fourth-order valence-electron chi connectivity index (χ4n) is 4.29. The number of benzene rings is 2. The lowest BCUT2D eigenvalue weighted by molar-refractivity contribution is -0.138. The number of halogens is 3. The number of carbonyl (C=O) groups is 1. The number of aromatic nitrogens is 3. The highest BCUT2D eigenvalue weighted by atomic mass is 19.4. The molecule has 0 bridgehead atoms. The van der Waals surface area contributed by atoms with Crippen LogP contribution in [0.5, 0.6) is 17.4 Å². The van der Waals surface area contributed by atoms with Crippen LogP contribution in [-0.4, -0.2) is 34.7 Å². The van der Waals surface area contributed by atoms with Gasteiger partial charge in [-0.05, 0) is 63.1 Å². The van der Waals surface area contributed by atoms with Crippen molar-refractivity contribution in [2.24, 2.45) is 0 Å². The number of urea groups is 1. The van der Waals surface area contributed by atoms with Gasteiger partial charge in [0.25, 0.3) is 0 Å². The molecule has 4 aromatic rings. The molecule has 45 heavy (non-hydrogen) atoms. The molecular weight excluding hydrogens is 589 g/mol. The average Bonchev–Trinajstić information content (AvgIpc) is 3.01. The minimum absolute atomic E-state index is 0.103. The first-order valence-electron chi connectivity index (χ1n) is 13.8. The number of nitrogens with one attached hydrogen (secondary N) is 2. The van der Waals surface area contributed by atoms with Crippen LogP contribution in [0.3, 0.4) is 0 Å². The van der Waals surface area contributed by atoms with E-state index >= 15 is 0 Å². The molecule has 2 N–H and O–H groups in total. The van der Waals surface area contributed by atoms with Crippen LogP contribution in [0.15, 0.2) is 60.9 Å². The molecule has 0 fully saturated rings. The van der Waals surface area contributed by atoms with Crippen LogP contribution in [-0.2, 0) is 18.2 Å². The van der Waals surface area contributed by atoms with Gasteiger partial charge in [-0.1, -0.05) is 18.2 Å². The standard InChI is InChI=1S/C32H31F3N6O4/c1-6-44-27-14-28(45-17-20-7-10-22(43-5)11-8-20)37-15-23(27)29-38-16-26(19(2)39-29)41-30(42)40-21-9-12-24(31(3,4)18-36)25(13-21)32(33,34)35/h7-16H,6,17H2,1-5H3,(H2,40,41,42). The molecule has 0 saturated carbocycles. The molecule has 4 rings (SSSR count). The highest BCUT2D eigenvalue weighted by molar-refractivity contribution is 6.00. The van der Waals surface area contributed by atoms with E-state index in [1.807, 2.05) is 37.3 Å². The Balaban J connectivity index is 1.48. The molecule has 13 heteroatoms. The number of pyridine rings is 1. The minimum atomic E-state index is -4.73. The van der Waals surface area contributed by atoms with Crippen molar-refractivity contribution in [2.75, 3.05) is 24.4 Å². The van der Waals surface area contributed by atoms with E-state index < -0.39 is 23.2 Å². The molecule has 234 valence electrons. The van der Waals surface area contributed by atoms with Gasteiger partial charge in [0.2, 0.25) is 5.88 Å². The largest absolute Gasteiger partial charge is 0.497 e. The number of methoxy groups -OCH3 is 1. The summed E-state index contributed by atoms with van der Waals surface area (Å²) in [6.45, 7) is 6.89. The van der Waals surface area contributed by atoms with Crippen LogP contribution in [0.25, 0.3) is 11.4 Å². The lowest BCUT2D eigenvalue weighted by Gasteiger charge is -2.22. The number of ether oxygens (including phenoxy) is 3. The van der Waals surface area contributed by atoms with E-state index in [0.717, 1.165) is 17.4 Å². The van der Waals surface area contributed by atoms with Crippen molar-refractivity contribution in [3.63, 3.8) is 0 Å². The first-order chi connectivity index (χ1) is 21.3. The summed E-state index contributed by atoms with van der Waals surface area (Å²) in [7, 11) is 1.60. The van der Waals surface area contributed by atoms with E-state index in [0.29, 0.717) is 29.5 Å². The zero-order valence-electron chi connectivity index (χ0n) is 25.2. The Morgan fingerprint density at radius 2 is 1.71 bits per heavy atom. The molecule has 0 saturated heterocycles. The Bertz CT molecular complexity index is 1720. The van der Waals surface area contributed by atoms with Crippen molar-refractivity contribution >= 4 is 17.4 Å². The summed E-state index contributed by atoms with van der Waals surface area (Å²) in [4.78, 5) is 25.9. The summed E-state index contributed by atoms with van der Waals surface area (Å²) in [5.74, 6) is 1.80. The Kier molecular flexibility index (Phi) is 9.76. The van der Waals surface area contributed by atoms with E-state index in [1.54, 1.807) is 20.1 Å². The number of amides is 2. The second kappa shape index (κ2) is 13.5. The van der Waals surface area contributed by atoms with E-state index in [9.17, 15) is 23.2 Å². The van der Waals surface area contributed by atoms with Crippen LogP contribution in [0.2, 0.25) is 0 Å². The third kappa shape index (κ3) is 7.97. The number of nitrogens with zero attached hydrogens (tertiary/aromatic N) is 4. The van der Waals surface area contributed by atoms with Crippen molar-refractivity contribution < 1.29 is 32.2 Å².